The van der Waals surface area contributed by atoms with E-state index in [1.807, 2.05) is 65.0 Å². The van der Waals surface area contributed by atoms with Crippen molar-refractivity contribution < 1.29 is 14.1 Å². The van der Waals surface area contributed by atoms with Gasteiger partial charge in [0.25, 0.3) is 5.91 Å². The summed E-state index contributed by atoms with van der Waals surface area (Å²) in [5.41, 5.74) is 0.899. The van der Waals surface area contributed by atoms with E-state index in [-0.39, 0.29) is 24.1 Å². The maximum absolute atomic E-state index is 12.9. The molecule has 1 aromatic heterocycles. The van der Waals surface area contributed by atoms with Gasteiger partial charge in [-0.15, -0.1) is 0 Å². The average molecular weight is 386 g/mol. The van der Waals surface area contributed by atoms with Crippen LogP contribution in [0.4, 0.5) is 0 Å². The first-order valence-corrected chi connectivity index (χ1v) is 9.74. The second-order valence-electron chi connectivity index (χ2n) is 8.49. The van der Waals surface area contributed by atoms with Gasteiger partial charge in [-0.05, 0) is 17.9 Å². The van der Waals surface area contributed by atoms with Crippen molar-refractivity contribution in [1.29, 1.82) is 0 Å². The lowest BCUT2D eigenvalue weighted by Gasteiger charge is -2.28. The normalized spacial score (nSPS) is 11.5. The van der Waals surface area contributed by atoms with Crippen molar-refractivity contribution in [3.05, 3.63) is 53.4 Å². The number of rotatable bonds is 8. The van der Waals surface area contributed by atoms with Crippen molar-refractivity contribution >= 4 is 11.8 Å². The molecule has 2 aromatic rings. The molecule has 0 radical (unpaired) electrons. The van der Waals surface area contributed by atoms with E-state index < -0.39 is 5.41 Å². The zero-order valence-electron chi connectivity index (χ0n) is 17.5. The summed E-state index contributed by atoms with van der Waals surface area (Å²) >= 11 is 0. The first-order valence-electron chi connectivity index (χ1n) is 9.74. The van der Waals surface area contributed by atoms with Gasteiger partial charge in [0.05, 0.1) is 6.54 Å². The molecule has 0 aliphatic carbocycles. The van der Waals surface area contributed by atoms with E-state index in [9.17, 15) is 9.59 Å². The largest absolute Gasteiger partial charge is 0.359 e. The lowest BCUT2D eigenvalue weighted by atomic mass is 9.94. The monoisotopic (exact) mass is 385 g/mol. The van der Waals surface area contributed by atoms with Crippen LogP contribution in [0.2, 0.25) is 0 Å². The predicted octanol–water partition coefficient (Wildman–Crippen LogP) is 3.68. The number of nitrogens with zero attached hydrogens (tertiary/aromatic N) is 2. The minimum atomic E-state index is -0.506. The topological polar surface area (TPSA) is 75.4 Å². The van der Waals surface area contributed by atoms with Crippen LogP contribution in [0.5, 0.6) is 0 Å². The maximum Gasteiger partial charge on any atom is 0.273 e. The van der Waals surface area contributed by atoms with Gasteiger partial charge >= 0.3 is 0 Å². The molecule has 0 aliphatic rings. The van der Waals surface area contributed by atoms with Crippen LogP contribution in [0.15, 0.2) is 40.9 Å². The summed E-state index contributed by atoms with van der Waals surface area (Å²) in [5, 5.41) is 6.68. The van der Waals surface area contributed by atoms with E-state index in [1.165, 1.54) is 5.56 Å². The van der Waals surface area contributed by atoms with Crippen molar-refractivity contribution in [2.24, 2.45) is 11.3 Å². The van der Waals surface area contributed by atoms with E-state index in [1.54, 1.807) is 11.0 Å². The highest BCUT2D eigenvalue weighted by molar-refractivity contribution is 5.92. The van der Waals surface area contributed by atoms with Crippen LogP contribution in [-0.4, -0.2) is 35.0 Å². The third-order valence-electron chi connectivity index (χ3n) is 4.25. The number of hydrogen-bond donors (Lipinski definition) is 1. The van der Waals surface area contributed by atoms with E-state index in [0.717, 1.165) is 6.42 Å². The van der Waals surface area contributed by atoms with Crippen molar-refractivity contribution in [1.82, 2.24) is 15.4 Å². The smallest absolute Gasteiger partial charge is 0.273 e. The number of carbonyl (C=O) groups is 2. The standard InChI is InChI=1S/C22H31N3O3/c1-16(2)14-23-20(26)19-13-18(28-24-19)15-25(21(27)22(3,4)5)12-11-17-9-7-6-8-10-17/h6-10,13,16H,11-12,14-15H2,1-5H3,(H,23,26). The summed E-state index contributed by atoms with van der Waals surface area (Å²) < 4.78 is 5.33. The number of benzene rings is 1. The van der Waals surface area contributed by atoms with Crippen molar-refractivity contribution in [2.45, 2.75) is 47.6 Å². The molecule has 0 unspecified atom stereocenters. The Morgan fingerprint density at radius 3 is 2.46 bits per heavy atom. The number of nitrogens with one attached hydrogen (secondary N) is 1. The van der Waals surface area contributed by atoms with Gasteiger partial charge in [-0.1, -0.05) is 70.1 Å². The van der Waals surface area contributed by atoms with E-state index in [0.29, 0.717) is 24.8 Å². The molecule has 1 N–H and O–H groups in total. The highest BCUT2D eigenvalue weighted by atomic mass is 16.5. The first kappa shape index (κ1) is 21.7. The lowest BCUT2D eigenvalue weighted by molar-refractivity contribution is -0.140. The van der Waals surface area contributed by atoms with Gasteiger partial charge < -0.3 is 14.7 Å². The zero-order valence-corrected chi connectivity index (χ0v) is 17.5. The molecule has 1 aromatic carbocycles. The Morgan fingerprint density at radius 2 is 1.86 bits per heavy atom. The summed E-state index contributed by atoms with van der Waals surface area (Å²) in [6.45, 7) is 11.2. The highest BCUT2D eigenvalue weighted by Crippen LogP contribution is 2.20. The van der Waals surface area contributed by atoms with E-state index in [2.05, 4.69) is 10.5 Å². The molecular formula is C22H31N3O3. The van der Waals surface area contributed by atoms with Crippen LogP contribution in [0.25, 0.3) is 0 Å². The Balaban J connectivity index is 2.07. The van der Waals surface area contributed by atoms with Crippen LogP contribution in [0, 0.1) is 11.3 Å². The number of hydrogen-bond acceptors (Lipinski definition) is 4. The Morgan fingerprint density at radius 1 is 1.18 bits per heavy atom. The minimum absolute atomic E-state index is 0.0330. The van der Waals surface area contributed by atoms with Crippen LogP contribution in [0.3, 0.4) is 0 Å². The highest BCUT2D eigenvalue weighted by Gasteiger charge is 2.28. The molecule has 0 atom stereocenters. The molecule has 0 saturated carbocycles. The van der Waals surface area contributed by atoms with E-state index in [4.69, 9.17) is 4.52 Å². The molecule has 0 bridgehead atoms. The molecule has 28 heavy (non-hydrogen) atoms. The third-order valence-corrected chi connectivity index (χ3v) is 4.25. The van der Waals surface area contributed by atoms with Gasteiger partial charge in [0, 0.05) is 24.6 Å². The van der Waals surface area contributed by atoms with Crippen LogP contribution in [-0.2, 0) is 17.8 Å². The molecule has 0 saturated heterocycles. The molecule has 1 heterocycles. The van der Waals surface area contributed by atoms with Crippen LogP contribution >= 0.6 is 0 Å². The molecule has 6 nitrogen and oxygen atoms in total. The first-order chi connectivity index (χ1) is 13.2. The Labute approximate surface area is 167 Å². The van der Waals surface area contributed by atoms with Crippen LogP contribution < -0.4 is 5.32 Å². The summed E-state index contributed by atoms with van der Waals surface area (Å²) in [5.74, 6) is 0.626. The minimum Gasteiger partial charge on any atom is -0.359 e. The lowest BCUT2D eigenvalue weighted by Crippen LogP contribution is -2.40. The van der Waals surface area contributed by atoms with Gasteiger partial charge in [-0.25, -0.2) is 0 Å². The maximum atomic E-state index is 12.9. The molecule has 6 heteroatoms. The fourth-order valence-corrected chi connectivity index (χ4v) is 2.71. The Kier molecular flexibility index (Phi) is 7.38. The molecule has 2 amide bonds. The number of aromatic nitrogens is 1. The Bertz CT molecular complexity index is 776. The van der Waals surface area contributed by atoms with Crippen molar-refractivity contribution in [3.8, 4) is 0 Å². The quantitative estimate of drug-likeness (QED) is 0.752. The molecule has 152 valence electrons. The fourth-order valence-electron chi connectivity index (χ4n) is 2.71. The summed E-state index contributed by atoms with van der Waals surface area (Å²) in [4.78, 5) is 26.8. The molecule has 0 fully saturated rings. The Hall–Kier alpha value is -2.63. The van der Waals surface area contributed by atoms with E-state index >= 15 is 0 Å². The summed E-state index contributed by atoms with van der Waals surface area (Å²) in [7, 11) is 0. The van der Waals surface area contributed by atoms with Gasteiger partial charge in [0.1, 0.15) is 0 Å². The third kappa shape index (κ3) is 6.51. The van der Waals surface area contributed by atoms with Gasteiger partial charge in [0.15, 0.2) is 11.5 Å². The molecule has 0 spiro atoms. The van der Waals surface area contributed by atoms with Gasteiger partial charge in [-0.2, -0.15) is 0 Å². The SMILES string of the molecule is CC(C)CNC(=O)c1cc(CN(CCc2ccccc2)C(=O)C(C)(C)C)on1. The van der Waals surface area contributed by atoms with Gasteiger partial charge in [0.2, 0.25) is 5.91 Å². The van der Waals surface area contributed by atoms with Gasteiger partial charge in [-0.3, -0.25) is 9.59 Å². The second-order valence-corrected chi connectivity index (χ2v) is 8.49. The zero-order chi connectivity index (χ0) is 20.7. The molecular weight excluding hydrogens is 354 g/mol. The average Bonchev–Trinajstić information content (AvgIpc) is 3.11. The predicted molar refractivity (Wildman–Crippen MR) is 109 cm³/mol. The summed E-state index contributed by atoms with van der Waals surface area (Å²) in [6.07, 6.45) is 0.749. The van der Waals surface area contributed by atoms with Crippen LogP contribution in [0.1, 0.15) is 56.4 Å². The van der Waals surface area contributed by atoms with Crippen molar-refractivity contribution in [2.75, 3.05) is 13.1 Å². The number of carbonyl (C=O) groups excluding carboxylic acids is 2. The fraction of sp³-hybridized carbons (Fsp3) is 0.500. The molecule has 0 aliphatic heterocycles. The second kappa shape index (κ2) is 9.53. The van der Waals surface area contributed by atoms with Crippen molar-refractivity contribution in [3.63, 3.8) is 0 Å². The number of amides is 2. The summed E-state index contributed by atoms with van der Waals surface area (Å²) in [6, 6.07) is 11.7. The molecule has 2 rings (SSSR count).